The van der Waals surface area contributed by atoms with Crippen molar-refractivity contribution in [1.82, 2.24) is 9.55 Å². The average Bonchev–Trinajstić information content (AvgIpc) is 2.87. The van der Waals surface area contributed by atoms with E-state index in [2.05, 4.69) is 15.6 Å². The third-order valence-electron chi connectivity index (χ3n) is 3.42. The van der Waals surface area contributed by atoms with E-state index in [4.69, 9.17) is 21.1 Å². The smallest absolute Gasteiger partial charge is 0.137 e. The van der Waals surface area contributed by atoms with Crippen LogP contribution in [0.25, 0.3) is 11.0 Å². The summed E-state index contributed by atoms with van der Waals surface area (Å²) >= 11 is 6.10. The van der Waals surface area contributed by atoms with Crippen LogP contribution in [0.1, 0.15) is 5.82 Å². The average molecular weight is 317 g/mol. The molecule has 0 bridgehead atoms. The van der Waals surface area contributed by atoms with Crippen molar-refractivity contribution in [2.24, 2.45) is 0 Å². The molecular weight excluding hydrogens is 300 g/mol. The van der Waals surface area contributed by atoms with Gasteiger partial charge in [-0.3, -0.25) is 0 Å². The fourth-order valence-corrected chi connectivity index (χ4v) is 2.61. The Kier molecular flexibility index (Phi) is 4.61. The molecule has 0 atom stereocenters. The Bertz CT molecular complexity index is 770. The molecule has 22 heavy (non-hydrogen) atoms. The first-order valence-electron chi connectivity index (χ1n) is 7.10. The monoisotopic (exact) mass is 316 g/mol. The molecule has 0 aliphatic carbocycles. The minimum Gasteiger partial charge on any atom is -0.490 e. The van der Waals surface area contributed by atoms with E-state index < -0.39 is 0 Å². The Hall–Kier alpha value is -2.04. The second kappa shape index (κ2) is 6.81. The number of hydrogen-bond donors (Lipinski definition) is 0. The van der Waals surface area contributed by atoms with Gasteiger partial charge >= 0.3 is 0 Å². The number of hydrogen-bond acceptors (Lipinski definition) is 3. The van der Waals surface area contributed by atoms with Gasteiger partial charge < -0.3 is 14.0 Å². The number of methoxy groups -OCH3 is 1. The lowest BCUT2D eigenvalue weighted by Gasteiger charge is -2.11. The first kappa shape index (κ1) is 14.9. The van der Waals surface area contributed by atoms with Crippen LogP contribution in [0.2, 0.25) is 5.02 Å². The summed E-state index contributed by atoms with van der Waals surface area (Å²) in [6.45, 7) is 1.67. The van der Waals surface area contributed by atoms with Crippen LogP contribution >= 0.6 is 11.6 Å². The maximum absolute atomic E-state index is 6.10. The quantitative estimate of drug-likeness (QED) is 0.691. The molecule has 3 rings (SSSR count). The van der Waals surface area contributed by atoms with Crippen molar-refractivity contribution in [3.8, 4) is 5.75 Å². The number of aromatic nitrogens is 2. The zero-order chi connectivity index (χ0) is 15.4. The Morgan fingerprint density at radius 3 is 2.68 bits per heavy atom. The van der Waals surface area contributed by atoms with Crippen LogP contribution in [0.3, 0.4) is 0 Å². The van der Waals surface area contributed by atoms with Gasteiger partial charge in [0, 0.05) is 7.11 Å². The zero-order valence-corrected chi connectivity index (χ0v) is 13.1. The van der Waals surface area contributed by atoms with E-state index in [0.29, 0.717) is 30.5 Å². The molecular formula is C17H17ClN2O2. The normalized spacial score (nSPS) is 11.0. The van der Waals surface area contributed by atoms with Gasteiger partial charge in [0.2, 0.25) is 0 Å². The number of nitrogens with zero attached hydrogens (tertiary/aromatic N) is 2. The zero-order valence-electron chi connectivity index (χ0n) is 12.3. The highest BCUT2D eigenvalue weighted by Gasteiger charge is 2.10. The number of benzene rings is 2. The third kappa shape index (κ3) is 3.08. The Morgan fingerprint density at radius 1 is 1.09 bits per heavy atom. The number of rotatable bonds is 6. The first-order chi connectivity index (χ1) is 10.8. The van der Waals surface area contributed by atoms with Crippen molar-refractivity contribution in [1.29, 1.82) is 0 Å². The van der Waals surface area contributed by atoms with Crippen LogP contribution in [-0.4, -0.2) is 23.3 Å². The molecule has 0 amide bonds. The summed E-state index contributed by atoms with van der Waals surface area (Å²) in [5.41, 5.74) is 2.05. The molecule has 0 aliphatic heterocycles. The predicted octanol–water partition coefficient (Wildman–Crippen LogP) is 3.92. The molecule has 1 heterocycles. The van der Waals surface area contributed by atoms with Crippen LogP contribution in [-0.2, 0) is 17.9 Å². The lowest BCUT2D eigenvalue weighted by Crippen LogP contribution is -2.11. The standard InChI is InChI=1S/C17H17ClN2O2/c1-21-12-17-19-14-7-3-4-8-15(14)20(17)10-11-22-16-9-5-2-6-13(16)18/h2-9H,10-12H2,1H3. The largest absolute Gasteiger partial charge is 0.490 e. The number of fused-ring (bicyclic) bond motifs is 1. The van der Waals surface area contributed by atoms with E-state index in [0.717, 1.165) is 16.9 Å². The molecule has 2 aromatic carbocycles. The van der Waals surface area contributed by atoms with Gasteiger partial charge in [0.25, 0.3) is 0 Å². The van der Waals surface area contributed by atoms with Crippen molar-refractivity contribution in [2.45, 2.75) is 13.2 Å². The van der Waals surface area contributed by atoms with Gasteiger partial charge in [-0.25, -0.2) is 4.98 Å². The van der Waals surface area contributed by atoms with Gasteiger partial charge in [0.1, 0.15) is 24.8 Å². The van der Waals surface area contributed by atoms with Crippen LogP contribution < -0.4 is 4.74 Å². The highest BCUT2D eigenvalue weighted by molar-refractivity contribution is 6.32. The van der Waals surface area contributed by atoms with Gasteiger partial charge in [-0.2, -0.15) is 0 Å². The number of ether oxygens (including phenoxy) is 2. The van der Waals surface area contributed by atoms with E-state index in [-0.39, 0.29) is 0 Å². The van der Waals surface area contributed by atoms with Crippen molar-refractivity contribution >= 4 is 22.6 Å². The van der Waals surface area contributed by atoms with Crippen LogP contribution in [0.15, 0.2) is 48.5 Å². The summed E-state index contributed by atoms with van der Waals surface area (Å²) in [6.07, 6.45) is 0. The fraction of sp³-hybridized carbons (Fsp3) is 0.235. The number of para-hydroxylation sites is 3. The summed E-state index contributed by atoms with van der Waals surface area (Å²) in [5.74, 6) is 1.59. The molecule has 0 spiro atoms. The molecule has 0 saturated heterocycles. The van der Waals surface area contributed by atoms with Crippen LogP contribution in [0.4, 0.5) is 0 Å². The number of halogens is 1. The molecule has 4 nitrogen and oxygen atoms in total. The summed E-state index contributed by atoms with van der Waals surface area (Å²) in [5, 5.41) is 0.620. The molecule has 0 saturated carbocycles. The van der Waals surface area contributed by atoms with Crippen molar-refractivity contribution in [3.05, 3.63) is 59.4 Å². The molecule has 114 valence electrons. The van der Waals surface area contributed by atoms with Gasteiger partial charge in [-0.05, 0) is 24.3 Å². The summed E-state index contributed by atoms with van der Waals surface area (Å²) < 4.78 is 13.1. The predicted molar refractivity (Wildman–Crippen MR) is 87.4 cm³/mol. The molecule has 3 aromatic rings. The molecule has 0 N–H and O–H groups in total. The van der Waals surface area contributed by atoms with E-state index in [1.807, 2.05) is 42.5 Å². The molecule has 5 heteroatoms. The van der Waals surface area contributed by atoms with E-state index in [9.17, 15) is 0 Å². The minimum absolute atomic E-state index is 0.473. The van der Waals surface area contributed by atoms with Crippen molar-refractivity contribution in [2.75, 3.05) is 13.7 Å². The Balaban J connectivity index is 1.78. The lowest BCUT2D eigenvalue weighted by atomic mass is 10.3. The maximum Gasteiger partial charge on any atom is 0.137 e. The second-order valence-corrected chi connectivity index (χ2v) is 5.29. The highest BCUT2D eigenvalue weighted by atomic mass is 35.5. The Morgan fingerprint density at radius 2 is 1.86 bits per heavy atom. The highest BCUT2D eigenvalue weighted by Crippen LogP contribution is 2.23. The van der Waals surface area contributed by atoms with Gasteiger partial charge in [-0.15, -0.1) is 0 Å². The topological polar surface area (TPSA) is 36.3 Å². The first-order valence-corrected chi connectivity index (χ1v) is 7.48. The van der Waals surface area contributed by atoms with Crippen molar-refractivity contribution < 1.29 is 9.47 Å². The van der Waals surface area contributed by atoms with Crippen LogP contribution in [0, 0.1) is 0 Å². The van der Waals surface area contributed by atoms with Gasteiger partial charge in [-0.1, -0.05) is 35.9 Å². The van der Waals surface area contributed by atoms with Crippen LogP contribution in [0.5, 0.6) is 5.75 Å². The molecule has 0 aliphatic rings. The van der Waals surface area contributed by atoms with Crippen molar-refractivity contribution in [3.63, 3.8) is 0 Å². The SMILES string of the molecule is COCc1nc2ccccc2n1CCOc1ccccc1Cl. The van der Waals surface area contributed by atoms with Gasteiger partial charge in [0.15, 0.2) is 0 Å². The van der Waals surface area contributed by atoms with Gasteiger partial charge in [0.05, 0.1) is 22.6 Å². The van der Waals surface area contributed by atoms with E-state index in [1.54, 1.807) is 7.11 Å². The van der Waals surface area contributed by atoms with E-state index >= 15 is 0 Å². The molecule has 0 unspecified atom stereocenters. The molecule has 1 aromatic heterocycles. The Labute approximate surface area is 134 Å². The number of imidazole rings is 1. The second-order valence-electron chi connectivity index (χ2n) is 4.88. The third-order valence-corrected chi connectivity index (χ3v) is 3.73. The maximum atomic E-state index is 6.10. The fourth-order valence-electron chi connectivity index (χ4n) is 2.42. The summed E-state index contributed by atoms with van der Waals surface area (Å²) in [6, 6.07) is 15.5. The summed E-state index contributed by atoms with van der Waals surface area (Å²) in [4.78, 5) is 4.60. The minimum atomic E-state index is 0.473. The molecule has 0 fully saturated rings. The lowest BCUT2D eigenvalue weighted by molar-refractivity contribution is 0.173. The molecule has 0 radical (unpaired) electrons. The summed E-state index contributed by atoms with van der Waals surface area (Å²) in [7, 11) is 1.67. The van der Waals surface area contributed by atoms with E-state index in [1.165, 1.54) is 0 Å².